The first-order valence-electron chi connectivity index (χ1n) is 8.24. The quantitative estimate of drug-likeness (QED) is 0.159. The molecule has 0 aromatic carbocycles. The summed E-state index contributed by atoms with van der Waals surface area (Å²) < 4.78 is 222. The molecular formula is C12H6BF20LiO11. The molecule has 0 aromatic rings. The second kappa shape index (κ2) is 18.2. The molecule has 6 N–H and O–H groups in total. The van der Waals surface area contributed by atoms with Gasteiger partial charge in [0.25, 0.3) is 0 Å². The predicted octanol–water partition coefficient (Wildman–Crippen LogP) is -0.605. The maximum Gasteiger partial charge on any atom is 1.00 e. The first-order valence-corrected chi connectivity index (χ1v) is 8.24. The zero-order valence-electron chi connectivity index (χ0n) is 19.9. The van der Waals surface area contributed by atoms with Crippen LogP contribution in [0.1, 0.15) is 0 Å². The molecule has 0 fully saturated rings. The van der Waals surface area contributed by atoms with Gasteiger partial charge in [0, 0.05) is 0 Å². The first kappa shape index (κ1) is 54.5. The average molecular weight is 724 g/mol. The number of alkyl halides is 20. The number of aliphatic carboxylic acids is 4. The van der Waals surface area contributed by atoms with E-state index in [2.05, 4.69) is 0 Å². The van der Waals surface area contributed by atoms with Crippen molar-refractivity contribution >= 4 is 31.2 Å². The summed E-state index contributed by atoms with van der Waals surface area (Å²) in [6.45, 7) is 0. The zero-order valence-corrected chi connectivity index (χ0v) is 19.9. The fourth-order valence-electron chi connectivity index (χ4n) is 0.485. The molecule has 0 aliphatic rings. The summed E-state index contributed by atoms with van der Waals surface area (Å²) in [5.74, 6) is -35.4. The van der Waals surface area contributed by atoms with Crippen LogP contribution in [0.5, 0.6) is 0 Å². The summed E-state index contributed by atoms with van der Waals surface area (Å²) in [7, 11) is -2.42. The SMILES string of the molecule is O=C(O)C(F)(F)C(F)(F)F.O=C(O)C(F)(F)C(F)(F)F.O=C(O)C(F)(F)C(F)(F)F.O=C(O)C(F)(F)C(F)(F)F.[Li+].[O-]B(O)O. The maximum atomic E-state index is 11.3. The molecule has 0 radical (unpaired) electrons. The second-order valence-corrected chi connectivity index (χ2v) is 5.84. The Kier molecular flexibility index (Phi) is 22.1. The van der Waals surface area contributed by atoms with Gasteiger partial charge in [-0.05, 0) is 0 Å². The fraction of sp³-hybridized carbons (Fsp3) is 0.667. The van der Waals surface area contributed by atoms with Crippen molar-refractivity contribution in [1.29, 1.82) is 0 Å². The average Bonchev–Trinajstić information content (AvgIpc) is 2.71. The number of carboxylic acid groups (broad SMARTS) is 4. The van der Waals surface area contributed by atoms with Crippen molar-refractivity contribution in [2.24, 2.45) is 0 Å². The van der Waals surface area contributed by atoms with Gasteiger partial charge in [-0.25, -0.2) is 19.2 Å². The number of carbonyl (C=O) groups is 4. The summed E-state index contributed by atoms with van der Waals surface area (Å²) in [5.41, 5.74) is 0. The van der Waals surface area contributed by atoms with Gasteiger partial charge in [0.15, 0.2) is 0 Å². The van der Waals surface area contributed by atoms with Gasteiger partial charge in [0.05, 0.1) is 0 Å². The molecule has 0 aliphatic carbocycles. The number of carboxylic acids is 4. The molecule has 0 saturated heterocycles. The number of rotatable bonds is 4. The molecule has 0 rings (SSSR count). The topological polar surface area (TPSA) is 213 Å². The van der Waals surface area contributed by atoms with Crippen LogP contribution >= 0.6 is 0 Å². The van der Waals surface area contributed by atoms with Gasteiger partial charge < -0.3 is 35.5 Å². The number of hydrogen-bond donors (Lipinski definition) is 6. The molecule has 33 heteroatoms. The summed E-state index contributed by atoms with van der Waals surface area (Å²) >= 11 is 0. The van der Waals surface area contributed by atoms with Crippen molar-refractivity contribution in [3.05, 3.63) is 0 Å². The van der Waals surface area contributed by atoms with Crippen LogP contribution in [0.3, 0.4) is 0 Å². The summed E-state index contributed by atoms with van der Waals surface area (Å²) in [5, 5.41) is 52.0. The van der Waals surface area contributed by atoms with E-state index >= 15 is 0 Å². The van der Waals surface area contributed by atoms with Gasteiger partial charge in [-0.3, -0.25) is 0 Å². The Morgan fingerprint density at radius 2 is 0.444 bits per heavy atom. The Labute approximate surface area is 242 Å². The van der Waals surface area contributed by atoms with Crippen molar-refractivity contribution in [2.45, 2.75) is 48.4 Å². The van der Waals surface area contributed by atoms with Gasteiger partial charge in [-0.2, -0.15) is 87.8 Å². The molecule has 0 aromatic heterocycles. The van der Waals surface area contributed by atoms with Crippen LogP contribution in [0.4, 0.5) is 87.8 Å². The van der Waals surface area contributed by atoms with Gasteiger partial charge >= 0.3 is 98.5 Å². The van der Waals surface area contributed by atoms with E-state index in [0.29, 0.717) is 0 Å². The fourth-order valence-corrected chi connectivity index (χ4v) is 0.485. The minimum Gasteiger partial charge on any atom is -0.832 e. The third-order valence-corrected chi connectivity index (χ3v) is 2.50. The van der Waals surface area contributed by atoms with Crippen LogP contribution < -0.4 is 23.9 Å². The number of hydrogen-bond acceptors (Lipinski definition) is 7. The minimum absolute atomic E-state index is 0. The van der Waals surface area contributed by atoms with E-state index in [9.17, 15) is 107 Å². The molecule has 0 unspecified atom stereocenters. The Morgan fingerprint density at radius 3 is 0.444 bits per heavy atom. The van der Waals surface area contributed by atoms with Crippen LogP contribution in [-0.4, -0.2) is 110 Å². The van der Waals surface area contributed by atoms with Crippen molar-refractivity contribution < 1.29 is 161 Å². The molecule has 0 saturated carbocycles. The molecule has 0 heterocycles. The third-order valence-electron chi connectivity index (χ3n) is 2.50. The molecule has 0 spiro atoms. The van der Waals surface area contributed by atoms with Crippen LogP contribution in [0.15, 0.2) is 0 Å². The molecule has 0 amide bonds. The van der Waals surface area contributed by atoms with Gasteiger partial charge in [0.1, 0.15) is 0 Å². The minimum atomic E-state index is -6.02. The van der Waals surface area contributed by atoms with E-state index in [-0.39, 0.29) is 18.9 Å². The van der Waals surface area contributed by atoms with Crippen LogP contribution in [0.2, 0.25) is 0 Å². The molecule has 264 valence electrons. The van der Waals surface area contributed by atoms with Gasteiger partial charge in [-0.1, -0.05) is 0 Å². The first-order chi connectivity index (χ1) is 18.5. The Hall–Kier alpha value is -2.98. The van der Waals surface area contributed by atoms with Crippen molar-refractivity contribution in [3.8, 4) is 0 Å². The normalized spacial score (nSPS) is 12.4. The van der Waals surface area contributed by atoms with E-state index in [4.69, 9.17) is 35.5 Å². The summed E-state index contributed by atoms with van der Waals surface area (Å²) in [6, 6.07) is 0. The van der Waals surface area contributed by atoms with Gasteiger partial charge in [0.2, 0.25) is 0 Å². The second-order valence-electron chi connectivity index (χ2n) is 5.84. The van der Waals surface area contributed by atoms with E-state index in [0.717, 1.165) is 0 Å². The Morgan fingerprint density at radius 1 is 0.378 bits per heavy atom. The van der Waals surface area contributed by atoms with Crippen molar-refractivity contribution in [1.82, 2.24) is 0 Å². The predicted molar refractivity (Wildman–Crippen MR) is 84.7 cm³/mol. The van der Waals surface area contributed by atoms with Crippen LogP contribution in [-0.2, 0) is 19.2 Å². The van der Waals surface area contributed by atoms with E-state index in [1.54, 1.807) is 0 Å². The molecule has 0 aliphatic heterocycles. The summed E-state index contributed by atoms with van der Waals surface area (Å²) in [4.78, 5) is 36.8. The van der Waals surface area contributed by atoms with E-state index < -0.39 is 79.6 Å². The van der Waals surface area contributed by atoms with Crippen molar-refractivity contribution in [2.75, 3.05) is 0 Å². The number of halogens is 20. The van der Waals surface area contributed by atoms with Crippen molar-refractivity contribution in [3.63, 3.8) is 0 Å². The molecule has 0 bridgehead atoms. The maximum absolute atomic E-state index is 11.3. The monoisotopic (exact) mass is 724 g/mol. The molecule has 0 atom stereocenters. The molecular weight excluding hydrogens is 718 g/mol. The largest absolute Gasteiger partial charge is 1.00 e. The van der Waals surface area contributed by atoms with Gasteiger partial charge in [-0.15, -0.1) is 0 Å². The van der Waals surface area contributed by atoms with Crippen LogP contribution in [0, 0.1) is 0 Å². The third kappa shape index (κ3) is 19.2. The smallest absolute Gasteiger partial charge is 0.832 e. The standard InChI is InChI=1S/4C3HF5O2.BH2O3.Li/c4*4-2(5,1(9)10)3(6,7)8;2-1(3)4;/h4*(H,9,10);2-3H;/q;;;;-1;+1. The Balaban J connectivity index is -0.000000107. The van der Waals surface area contributed by atoms with Crippen LogP contribution in [0.25, 0.3) is 0 Å². The van der Waals surface area contributed by atoms with E-state index in [1.165, 1.54) is 0 Å². The Bertz CT molecular complexity index is 795. The molecule has 45 heavy (non-hydrogen) atoms. The zero-order chi connectivity index (χ0) is 37.9. The van der Waals surface area contributed by atoms with E-state index in [1.807, 2.05) is 0 Å². The summed E-state index contributed by atoms with van der Waals surface area (Å²) in [6.07, 6.45) is -24.1. The molecule has 11 nitrogen and oxygen atoms in total.